The van der Waals surface area contributed by atoms with Crippen molar-refractivity contribution in [2.45, 2.75) is 119 Å². The molecule has 2 aliphatic rings. The van der Waals surface area contributed by atoms with Crippen LogP contribution in [0.4, 0.5) is 34.1 Å². The largest absolute Gasteiger partial charge is 0.454 e. The van der Waals surface area contributed by atoms with Gasteiger partial charge in [0.2, 0.25) is 0 Å². The van der Waals surface area contributed by atoms with E-state index in [1.807, 2.05) is 11.3 Å². The summed E-state index contributed by atoms with van der Waals surface area (Å²) in [6.07, 6.45) is 0. The molecule has 0 saturated carbocycles. The molecule has 5 heterocycles. The van der Waals surface area contributed by atoms with Crippen LogP contribution in [-0.2, 0) is 21.7 Å². The average molecular weight is 984 g/mol. The van der Waals surface area contributed by atoms with E-state index in [0.717, 1.165) is 39.0 Å². The molecule has 6 heteroatoms. The number of hydrogen-bond acceptors (Lipinski definition) is 4. The van der Waals surface area contributed by atoms with Crippen LogP contribution in [0.2, 0.25) is 0 Å². The predicted octanol–water partition coefficient (Wildman–Crippen LogP) is 17.8. The molecule has 0 N–H and O–H groups in total. The van der Waals surface area contributed by atoms with Crippen LogP contribution in [0, 0.1) is 13.8 Å². The molecule has 4 nitrogen and oxygen atoms in total. The Hall–Kier alpha value is -7.02. The third kappa shape index (κ3) is 6.93. The lowest BCUT2D eigenvalue weighted by atomic mass is 9.33. The van der Waals surface area contributed by atoms with E-state index >= 15 is 0 Å². The molecule has 0 unspecified atom stereocenters. The molecule has 3 aromatic heterocycles. The van der Waals surface area contributed by atoms with Crippen LogP contribution in [0.1, 0.15) is 116 Å². The fraction of sp³-hybridized carbons (Fsp3) is 0.265. The summed E-state index contributed by atoms with van der Waals surface area (Å²) in [5, 5.41) is 6.25. The van der Waals surface area contributed by atoms with Gasteiger partial charge in [-0.25, -0.2) is 0 Å². The zero-order chi connectivity index (χ0) is 51.7. The first kappa shape index (κ1) is 46.7. The molecular weight excluding hydrogens is 918 g/mol. The van der Waals surface area contributed by atoms with Crippen molar-refractivity contribution in [1.29, 1.82) is 0 Å². The molecule has 13 rings (SSSR count). The van der Waals surface area contributed by atoms with Gasteiger partial charge in [-0.2, -0.15) is 0 Å². The molecule has 368 valence electrons. The molecule has 0 saturated heterocycles. The maximum atomic E-state index is 7.25. The van der Waals surface area contributed by atoms with Crippen molar-refractivity contribution in [2.75, 3.05) is 9.80 Å². The quantitative estimate of drug-likeness (QED) is 0.164. The summed E-state index contributed by atoms with van der Waals surface area (Å²) in [7, 11) is 0. The predicted molar refractivity (Wildman–Crippen MR) is 322 cm³/mol. The van der Waals surface area contributed by atoms with Crippen LogP contribution in [0.3, 0.4) is 0 Å². The highest BCUT2D eigenvalue weighted by Crippen LogP contribution is 2.51. The maximum absolute atomic E-state index is 7.25. The van der Waals surface area contributed by atoms with Gasteiger partial charge in [0.05, 0.1) is 11.2 Å². The van der Waals surface area contributed by atoms with E-state index in [4.69, 9.17) is 4.42 Å². The minimum atomic E-state index is -0.156. The van der Waals surface area contributed by atoms with E-state index in [1.54, 1.807) is 0 Å². The van der Waals surface area contributed by atoms with Gasteiger partial charge in [-0.15, -0.1) is 11.3 Å². The van der Waals surface area contributed by atoms with Gasteiger partial charge < -0.3 is 18.8 Å². The Bertz CT molecular complexity index is 4110. The summed E-state index contributed by atoms with van der Waals surface area (Å²) in [5.41, 5.74) is 22.7. The third-order valence-electron chi connectivity index (χ3n) is 16.4. The van der Waals surface area contributed by atoms with Crippen LogP contribution in [0.25, 0.3) is 58.8 Å². The van der Waals surface area contributed by atoms with Gasteiger partial charge in [-0.05, 0) is 140 Å². The molecule has 0 amide bonds. The molecule has 0 fully saturated rings. The van der Waals surface area contributed by atoms with E-state index in [0.29, 0.717) is 0 Å². The number of fused-ring (bicyclic) bond motifs is 12. The summed E-state index contributed by atoms with van der Waals surface area (Å²) >= 11 is 1.92. The van der Waals surface area contributed by atoms with E-state index in [1.165, 1.54) is 104 Å². The fourth-order valence-electron chi connectivity index (χ4n) is 12.3. The summed E-state index contributed by atoms with van der Waals surface area (Å²) in [4.78, 5) is 6.41. The number of anilines is 6. The van der Waals surface area contributed by atoms with Crippen LogP contribution >= 0.6 is 11.3 Å². The van der Waals surface area contributed by atoms with Crippen molar-refractivity contribution in [3.8, 4) is 5.69 Å². The van der Waals surface area contributed by atoms with Crippen molar-refractivity contribution in [3.05, 3.63) is 179 Å². The van der Waals surface area contributed by atoms with Crippen molar-refractivity contribution in [3.63, 3.8) is 0 Å². The lowest BCUT2D eigenvalue weighted by molar-refractivity contribution is 0.587. The molecule has 0 atom stereocenters. The normalized spacial score (nSPS) is 13.8. The van der Waals surface area contributed by atoms with Gasteiger partial charge in [0.1, 0.15) is 10.4 Å². The second-order valence-electron chi connectivity index (χ2n) is 25.6. The van der Waals surface area contributed by atoms with E-state index in [-0.39, 0.29) is 28.4 Å². The Morgan fingerprint density at radius 3 is 1.73 bits per heavy atom. The fourth-order valence-corrected chi connectivity index (χ4v) is 13.5. The SMILES string of the molecule is Cc1cc(C(C)(C)C)ccc1N(c1ccc2c(c1)N(c1cccc3c1oc1cc(C(C)(C)C)ccc13)c1cc(C(C)(C)C)cc3c1B2c1cccc2c4c5ccccc5sc4n-3c12)c1ccc(C(C)(C)C)cc1C. The number of aryl methyl sites for hydroxylation is 2. The minimum absolute atomic E-state index is 0.0137. The number of aromatic nitrogens is 1. The summed E-state index contributed by atoms with van der Waals surface area (Å²) in [5.74, 6) is 0. The summed E-state index contributed by atoms with van der Waals surface area (Å²) < 4.78 is 11.2. The first-order valence-corrected chi connectivity index (χ1v) is 27.4. The summed E-state index contributed by atoms with van der Waals surface area (Å²) in [6.45, 7) is 32.3. The molecule has 11 aromatic rings. The molecule has 2 aliphatic heterocycles. The Balaban J connectivity index is 1.15. The van der Waals surface area contributed by atoms with E-state index in [2.05, 4.69) is 257 Å². The molecule has 74 heavy (non-hydrogen) atoms. The highest BCUT2D eigenvalue weighted by molar-refractivity contribution is 7.26. The maximum Gasteiger partial charge on any atom is 0.252 e. The minimum Gasteiger partial charge on any atom is -0.454 e. The average Bonchev–Trinajstić information content (AvgIpc) is 4.13. The number of thiophene rings is 1. The zero-order valence-corrected chi connectivity index (χ0v) is 46.4. The van der Waals surface area contributed by atoms with Crippen molar-refractivity contribution >= 4 is 122 Å². The molecule has 0 spiro atoms. The number of para-hydroxylation sites is 2. The Morgan fingerprint density at radius 1 is 0.473 bits per heavy atom. The lowest BCUT2D eigenvalue weighted by Crippen LogP contribution is -2.60. The Kier molecular flexibility index (Phi) is 9.95. The highest BCUT2D eigenvalue weighted by atomic mass is 32.1. The molecule has 0 bridgehead atoms. The topological polar surface area (TPSA) is 24.6 Å². The second kappa shape index (κ2) is 15.8. The second-order valence-corrected chi connectivity index (χ2v) is 26.6. The van der Waals surface area contributed by atoms with Crippen molar-refractivity contribution in [1.82, 2.24) is 4.57 Å². The standard InChI is InChI=1S/C68H66BN3OS/c1-39-33-41(65(3,4)5)26-31-52(39)70(53-32-27-42(34-40(53)2)66(6,7)8)45-28-30-50-55(38-45)71(54-23-18-20-47-46-29-25-43(67(9,10)11)37-58(46)73-63(47)54)56-35-44(68(12,13)14)36-57-61(56)69(50)51-22-17-21-49-60-48-19-15-16-24-59(48)74-64(60)72(57)62(49)51/h15-38H,1-14H3. The first-order chi connectivity index (χ1) is 35.1. The molecule has 0 radical (unpaired) electrons. The third-order valence-corrected chi connectivity index (χ3v) is 17.6. The van der Waals surface area contributed by atoms with Crippen LogP contribution in [0.5, 0.6) is 0 Å². The zero-order valence-electron chi connectivity index (χ0n) is 45.6. The summed E-state index contributed by atoms with van der Waals surface area (Å²) in [6, 6.07) is 56.2. The van der Waals surface area contributed by atoms with Gasteiger partial charge in [0.25, 0.3) is 6.71 Å². The molecular formula is C68H66BN3OS. The number of nitrogens with zero attached hydrogens (tertiary/aromatic N) is 3. The smallest absolute Gasteiger partial charge is 0.252 e. The van der Waals surface area contributed by atoms with Crippen molar-refractivity contribution in [2.24, 2.45) is 0 Å². The van der Waals surface area contributed by atoms with Gasteiger partial charge in [0, 0.05) is 65.8 Å². The lowest BCUT2D eigenvalue weighted by Gasteiger charge is -2.42. The van der Waals surface area contributed by atoms with Gasteiger partial charge in [-0.1, -0.05) is 174 Å². The molecule has 8 aromatic carbocycles. The number of benzene rings is 8. The first-order valence-electron chi connectivity index (χ1n) is 26.6. The molecule has 0 aliphatic carbocycles. The van der Waals surface area contributed by atoms with Gasteiger partial charge in [0.15, 0.2) is 5.58 Å². The van der Waals surface area contributed by atoms with Gasteiger partial charge >= 0.3 is 0 Å². The monoisotopic (exact) mass is 984 g/mol. The number of hydrogen-bond donors (Lipinski definition) is 0. The van der Waals surface area contributed by atoms with Crippen molar-refractivity contribution < 1.29 is 4.42 Å². The number of rotatable bonds is 4. The van der Waals surface area contributed by atoms with E-state index < -0.39 is 0 Å². The Labute approximate surface area is 441 Å². The van der Waals surface area contributed by atoms with Crippen LogP contribution < -0.4 is 26.2 Å². The van der Waals surface area contributed by atoms with Gasteiger partial charge in [-0.3, -0.25) is 0 Å². The highest BCUT2D eigenvalue weighted by Gasteiger charge is 2.44. The van der Waals surface area contributed by atoms with E-state index in [9.17, 15) is 0 Å². The Morgan fingerprint density at radius 2 is 1.07 bits per heavy atom. The van der Waals surface area contributed by atoms with Crippen LogP contribution in [0.15, 0.2) is 150 Å². The number of furan rings is 1. The van der Waals surface area contributed by atoms with Crippen LogP contribution in [-0.4, -0.2) is 11.3 Å².